The molecule has 0 aliphatic heterocycles. The molecule has 0 radical (unpaired) electrons. The van der Waals surface area contributed by atoms with Crippen molar-refractivity contribution in [2.75, 3.05) is 0 Å². The minimum atomic E-state index is -0.104. The molecule has 1 aromatic rings. The molecule has 0 saturated carbocycles. The van der Waals surface area contributed by atoms with E-state index >= 15 is 0 Å². The summed E-state index contributed by atoms with van der Waals surface area (Å²) in [6.45, 7) is 0. The average Bonchev–Trinajstić information content (AvgIpc) is 2.04. The van der Waals surface area contributed by atoms with Gasteiger partial charge in [-0.25, -0.2) is 0 Å². The lowest BCUT2D eigenvalue weighted by Crippen LogP contribution is -1.98. The maximum Gasteiger partial charge on any atom is 0.223 e. The number of hydrogen-bond acceptors (Lipinski definition) is 2. The molecule has 0 heterocycles. The summed E-state index contributed by atoms with van der Waals surface area (Å²) in [5.74, 6) is 0. The Bertz CT molecular complexity index is 301. The summed E-state index contributed by atoms with van der Waals surface area (Å²) in [5.41, 5.74) is 0.968. The molecule has 1 rings (SSSR count). The van der Waals surface area contributed by atoms with Crippen molar-refractivity contribution in [1.29, 1.82) is 0 Å². The van der Waals surface area contributed by atoms with Crippen molar-refractivity contribution >= 4 is 52.8 Å². The van der Waals surface area contributed by atoms with E-state index in [1.165, 1.54) is 0 Å². The van der Waals surface area contributed by atoms with Gasteiger partial charge in [0.15, 0.2) is 0 Å². The minimum absolute atomic E-state index is 0.104. The van der Waals surface area contributed by atoms with Gasteiger partial charge in [0.2, 0.25) is 7.58 Å². The fourth-order valence-corrected chi connectivity index (χ4v) is 1.77. The van der Waals surface area contributed by atoms with E-state index in [1.54, 1.807) is 69.4 Å². The average molecular weight is 386 g/mol. The zero-order valence-corrected chi connectivity index (χ0v) is 10.2. The Hall–Kier alpha value is 0.0200. The molecule has 1 aromatic carbocycles. The van der Waals surface area contributed by atoms with Gasteiger partial charge in [-0.3, -0.25) is 9.59 Å². The Morgan fingerprint density at radius 1 is 0.917 bits per heavy atom. The lowest BCUT2D eigenvalue weighted by Gasteiger charge is -1.98. The van der Waals surface area contributed by atoms with Crippen molar-refractivity contribution in [2.24, 2.45) is 0 Å². The van der Waals surface area contributed by atoms with Crippen LogP contribution in [-0.4, -0.2) is 7.58 Å². The van der Waals surface area contributed by atoms with Crippen LogP contribution in [-0.2, 0) is 0 Å². The van der Waals surface area contributed by atoms with Crippen LogP contribution in [0.2, 0.25) is 0 Å². The molecule has 0 spiro atoms. The maximum atomic E-state index is 11.0. The fourth-order valence-electron chi connectivity index (χ4n) is 0.826. The summed E-state index contributed by atoms with van der Waals surface area (Å²) in [6.07, 6.45) is 0. The molecule has 12 heavy (non-hydrogen) atoms. The summed E-state index contributed by atoms with van der Waals surface area (Å²) in [7, 11) is 0. The van der Waals surface area contributed by atoms with Gasteiger partial charge in [-0.1, -0.05) is 12.1 Å². The zero-order valence-electron chi connectivity index (χ0n) is 5.88. The number of hydrogen-bond donors (Lipinski definition) is 0. The Kier molecular flexibility index (Phi) is 3.63. The highest BCUT2D eigenvalue weighted by molar-refractivity contribution is 14.1. The molecule has 2 nitrogen and oxygen atoms in total. The monoisotopic (exact) mass is 386 g/mol. The second-order valence-electron chi connectivity index (χ2n) is 2.09. The summed E-state index contributed by atoms with van der Waals surface area (Å²) < 4.78 is -0.207. The predicted molar refractivity (Wildman–Crippen MR) is 63.1 cm³/mol. The van der Waals surface area contributed by atoms with Gasteiger partial charge in [0.1, 0.15) is 0 Å². The number of carbonyl (C=O) groups is 2. The van der Waals surface area contributed by atoms with Gasteiger partial charge in [-0.2, -0.15) is 0 Å². The van der Waals surface area contributed by atoms with Gasteiger partial charge >= 0.3 is 0 Å². The van der Waals surface area contributed by atoms with Crippen molar-refractivity contribution < 1.29 is 9.59 Å². The molecule has 0 unspecified atom stereocenters. The van der Waals surface area contributed by atoms with Gasteiger partial charge < -0.3 is 0 Å². The fraction of sp³-hybridized carbons (Fsp3) is 0. The largest absolute Gasteiger partial charge is 0.282 e. The molecular weight excluding hydrogens is 382 g/mol. The second kappa shape index (κ2) is 4.31. The topological polar surface area (TPSA) is 34.1 Å². The summed E-state index contributed by atoms with van der Waals surface area (Å²) in [5, 5.41) is 0. The first-order valence-corrected chi connectivity index (χ1v) is 5.27. The van der Waals surface area contributed by atoms with Crippen molar-refractivity contribution in [1.82, 2.24) is 0 Å². The zero-order chi connectivity index (χ0) is 9.14. The first-order valence-electron chi connectivity index (χ1n) is 3.11. The number of halogens is 2. The van der Waals surface area contributed by atoms with E-state index in [9.17, 15) is 9.59 Å². The highest BCUT2D eigenvalue weighted by Gasteiger charge is 2.11. The van der Waals surface area contributed by atoms with E-state index in [0.717, 1.165) is 0 Å². The van der Waals surface area contributed by atoms with Crippen molar-refractivity contribution in [2.45, 2.75) is 0 Å². The summed E-state index contributed by atoms with van der Waals surface area (Å²) >= 11 is 3.35. The Morgan fingerprint density at radius 2 is 1.25 bits per heavy atom. The van der Waals surface area contributed by atoms with Crippen LogP contribution in [0.5, 0.6) is 0 Å². The molecule has 0 aromatic heterocycles. The number of benzene rings is 1. The maximum absolute atomic E-state index is 11.0. The molecule has 0 amide bonds. The van der Waals surface area contributed by atoms with Crippen molar-refractivity contribution in [3.8, 4) is 0 Å². The predicted octanol–water partition coefficient (Wildman–Crippen LogP) is 2.84. The molecular formula is C8H4I2O2. The van der Waals surface area contributed by atoms with Gasteiger partial charge in [0.25, 0.3) is 0 Å². The van der Waals surface area contributed by atoms with Crippen LogP contribution in [0.15, 0.2) is 24.3 Å². The van der Waals surface area contributed by atoms with E-state index in [4.69, 9.17) is 0 Å². The van der Waals surface area contributed by atoms with Crippen LogP contribution in [0.3, 0.4) is 0 Å². The highest BCUT2D eigenvalue weighted by atomic mass is 127. The number of rotatable bonds is 2. The Morgan fingerprint density at radius 3 is 1.50 bits per heavy atom. The standard InChI is InChI=1S/C8H4I2O2/c9-7(11)5-3-1-2-4-6(5)8(10)12/h1-4H. The van der Waals surface area contributed by atoms with E-state index in [-0.39, 0.29) is 7.58 Å². The molecule has 0 saturated heterocycles. The van der Waals surface area contributed by atoms with Crippen LogP contribution in [0, 0.1) is 0 Å². The third-order valence-electron chi connectivity index (χ3n) is 1.35. The highest BCUT2D eigenvalue weighted by Crippen LogP contribution is 2.15. The SMILES string of the molecule is O=C(I)c1ccccc1C(=O)I. The van der Waals surface area contributed by atoms with Gasteiger partial charge in [0, 0.05) is 56.3 Å². The van der Waals surface area contributed by atoms with Crippen molar-refractivity contribution in [3.63, 3.8) is 0 Å². The third-order valence-corrected chi connectivity index (χ3v) is 2.51. The molecule has 0 N–H and O–H groups in total. The van der Waals surface area contributed by atoms with E-state index in [2.05, 4.69) is 0 Å². The second-order valence-corrected chi connectivity index (χ2v) is 4.05. The minimum Gasteiger partial charge on any atom is -0.282 e. The Labute approximate surface area is 97.0 Å². The lowest BCUT2D eigenvalue weighted by atomic mass is 10.1. The number of carbonyl (C=O) groups excluding carboxylic acids is 2. The quantitative estimate of drug-likeness (QED) is 0.579. The van der Waals surface area contributed by atoms with E-state index < -0.39 is 0 Å². The summed E-state index contributed by atoms with van der Waals surface area (Å²) in [6, 6.07) is 6.80. The smallest absolute Gasteiger partial charge is 0.223 e. The first-order chi connectivity index (χ1) is 5.63. The van der Waals surface area contributed by atoms with Crippen LogP contribution >= 0.6 is 45.2 Å². The molecule has 0 aliphatic carbocycles. The molecule has 4 heteroatoms. The normalized spacial score (nSPS) is 9.50. The van der Waals surface area contributed by atoms with Crippen molar-refractivity contribution in [3.05, 3.63) is 35.4 Å². The van der Waals surface area contributed by atoms with Crippen LogP contribution in [0.1, 0.15) is 20.7 Å². The van der Waals surface area contributed by atoms with Crippen LogP contribution < -0.4 is 0 Å². The van der Waals surface area contributed by atoms with E-state index in [0.29, 0.717) is 11.1 Å². The van der Waals surface area contributed by atoms with Gasteiger partial charge in [0.05, 0.1) is 0 Å². The van der Waals surface area contributed by atoms with Gasteiger partial charge in [-0.15, -0.1) is 0 Å². The van der Waals surface area contributed by atoms with Crippen LogP contribution in [0.4, 0.5) is 0 Å². The Balaban J connectivity index is 3.27. The van der Waals surface area contributed by atoms with Gasteiger partial charge in [-0.05, 0) is 12.1 Å². The molecule has 0 aliphatic rings. The lowest BCUT2D eigenvalue weighted by molar-refractivity contribution is 0.107. The summed E-state index contributed by atoms with van der Waals surface area (Å²) in [4.78, 5) is 22.0. The van der Waals surface area contributed by atoms with E-state index in [1.807, 2.05) is 0 Å². The molecule has 0 atom stereocenters. The first kappa shape index (κ1) is 10.1. The molecule has 0 bridgehead atoms. The molecule has 62 valence electrons. The third kappa shape index (κ3) is 2.25. The molecule has 0 fully saturated rings. The van der Waals surface area contributed by atoms with Crippen LogP contribution in [0.25, 0.3) is 0 Å².